The van der Waals surface area contributed by atoms with E-state index >= 15 is 0 Å². The quantitative estimate of drug-likeness (QED) is 0.761. The summed E-state index contributed by atoms with van der Waals surface area (Å²) in [5, 5.41) is 5.95. The Morgan fingerprint density at radius 2 is 1.88 bits per heavy atom. The van der Waals surface area contributed by atoms with E-state index in [2.05, 4.69) is 24.5 Å². The van der Waals surface area contributed by atoms with Gasteiger partial charge in [-0.1, -0.05) is 13.8 Å². The molecule has 0 aliphatic rings. The monoisotopic (exact) mass is 230 g/mol. The number of nitrogens with one attached hydrogen (secondary N) is 2. The predicted molar refractivity (Wildman–Crippen MR) is 66.5 cm³/mol. The minimum Gasteiger partial charge on any atom is -0.444 e. The molecule has 4 heteroatoms. The minimum atomic E-state index is -0.438. The molecule has 0 radical (unpaired) electrons. The lowest BCUT2D eigenvalue weighted by molar-refractivity contribution is 0.0499. The molecule has 0 aromatic rings. The summed E-state index contributed by atoms with van der Waals surface area (Å²) in [5.41, 5.74) is -0.438. The first-order valence-electron chi connectivity index (χ1n) is 5.88. The summed E-state index contributed by atoms with van der Waals surface area (Å²) in [7, 11) is 1.88. The Hall–Kier alpha value is -0.770. The highest BCUT2D eigenvalue weighted by Gasteiger charge is 2.19. The maximum absolute atomic E-state index is 11.6. The number of carbonyl (C=O) groups excluding carboxylic acids is 1. The Kier molecular flexibility index (Phi) is 6.41. The van der Waals surface area contributed by atoms with Crippen LogP contribution in [0.15, 0.2) is 0 Å². The second kappa shape index (κ2) is 6.74. The molecule has 0 fully saturated rings. The average Bonchev–Trinajstić information content (AvgIpc) is 1.98. The molecule has 0 aliphatic heterocycles. The van der Waals surface area contributed by atoms with Crippen LogP contribution in [0.2, 0.25) is 0 Å². The smallest absolute Gasteiger partial charge is 0.407 e. The van der Waals surface area contributed by atoms with Crippen molar-refractivity contribution in [3.8, 4) is 0 Å². The fourth-order valence-corrected chi connectivity index (χ4v) is 1.48. The molecule has 4 nitrogen and oxygen atoms in total. The van der Waals surface area contributed by atoms with Crippen molar-refractivity contribution in [3.05, 3.63) is 0 Å². The van der Waals surface area contributed by atoms with Crippen molar-refractivity contribution in [2.24, 2.45) is 5.92 Å². The zero-order chi connectivity index (χ0) is 12.8. The number of likely N-dealkylation sites (N-methyl/N-ethyl adjacent to an activating group) is 1. The summed E-state index contributed by atoms with van der Waals surface area (Å²) in [4.78, 5) is 11.6. The van der Waals surface area contributed by atoms with Gasteiger partial charge in [0.05, 0.1) is 0 Å². The second-order valence-electron chi connectivity index (χ2n) is 5.53. The van der Waals surface area contributed by atoms with E-state index in [-0.39, 0.29) is 12.1 Å². The van der Waals surface area contributed by atoms with Crippen LogP contribution in [0, 0.1) is 5.92 Å². The molecule has 0 bridgehead atoms. The van der Waals surface area contributed by atoms with Crippen molar-refractivity contribution in [2.45, 2.75) is 52.7 Å². The molecule has 16 heavy (non-hydrogen) atoms. The van der Waals surface area contributed by atoms with Crippen LogP contribution in [0.5, 0.6) is 0 Å². The molecule has 0 rings (SSSR count). The van der Waals surface area contributed by atoms with Gasteiger partial charge in [-0.25, -0.2) is 4.79 Å². The van der Waals surface area contributed by atoms with Gasteiger partial charge < -0.3 is 15.4 Å². The first-order valence-corrected chi connectivity index (χ1v) is 5.88. The van der Waals surface area contributed by atoms with E-state index in [1.54, 1.807) is 0 Å². The normalized spacial score (nSPS) is 13.7. The molecular formula is C12H26N2O2. The Bertz CT molecular complexity index is 210. The summed E-state index contributed by atoms with van der Waals surface area (Å²) in [5.74, 6) is 0.549. The van der Waals surface area contributed by atoms with Crippen molar-refractivity contribution in [3.63, 3.8) is 0 Å². The topological polar surface area (TPSA) is 50.4 Å². The third kappa shape index (κ3) is 8.53. The third-order valence-corrected chi connectivity index (χ3v) is 1.93. The first kappa shape index (κ1) is 15.2. The van der Waals surface area contributed by atoms with Gasteiger partial charge in [0.1, 0.15) is 5.60 Å². The van der Waals surface area contributed by atoms with Crippen molar-refractivity contribution in [1.82, 2.24) is 10.6 Å². The number of rotatable bonds is 5. The SMILES string of the molecule is CNC[C@H](CC(C)C)NC(=O)OC(C)(C)C. The average molecular weight is 230 g/mol. The van der Waals surface area contributed by atoms with Gasteiger partial charge in [-0.2, -0.15) is 0 Å². The van der Waals surface area contributed by atoms with Crippen LogP contribution in [0.1, 0.15) is 41.0 Å². The van der Waals surface area contributed by atoms with Gasteiger partial charge >= 0.3 is 6.09 Å². The third-order valence-electron chi connectivity index (χ3n) is 1.93. The van der Waals surface area contributed by atoms with E-state index in [9.17, 15) is 4.79 Å². The standard InChI is InChI=1S/C12H26N2O2/c1-9(2)7-10(8-13-6)14-11(15)16-12(3,4)5/h9-10,13H,7-8H2,1-6H3,(H,14,15)/t10-/m0/s1. The zero-order valence-electron chi connectivity index (χ0n) is 11.4. The van der Waals surface area contributed by atoms with Crippen molar-refractivity contribution >= 4 is 6.09 Å². The lowest BCUT2D eigenvalue weighted by Crippen LogP contribution is -2.44. The van der Waals surface area contributed by atoms with E-state index in [1.807, 2.05) is 27.8 Å². The van der Waals surface area contributed by atoms with Crippen LogP contribution in [-0.4, -0.2) is 31.3 Å². The zero-order valence-corrected chi connectivity index (χ0v) is 11.4. The highest BCUT2D eigenvalue weighted by atomic mass is 16.6. The summed E-state index contributed by atoms with van der Waals surface area (Å²) in [6, 6.07) is 0.125. The summed E-state index contributed by atoms with van der Waals surface area (Å²) in [6.07, 6.45) is 0.605. The van der Waals surface area contributed by atoms with E-state index < -0.39 is 5.60 Å². The Labute approximate surface area is 99.1 Å². The molecule has 96 valence electrons. The first-order chi connectivity index (χ1) is 7.24. The molecule has 0 unspecified atom stereocenters. The lowest BCUT2D eigenvalue weighted by atomic mass is 10.0. The molecule has 0 aliphatic carbocycles. The van der Waals surface area contributed by atoms with Gasteiger partial charge in [-0.15, -0.1) is 0 Å². The van der Waals surface area contributed by atoms with Crippen molar-refractivity contribution in [2.75, 3.05) is 13.6 Å². The number of carbonyl (C=O) groups is 1. The van der Waals surface area contributed by atoms with Crippen LogP contribution < -0.4 is 10.6 Å². The van der Waals surface area contributed by atoms with E-state index in [1.165, 1.54) is 0 Å². The fraction of sp³-hybridized carbons (Fsp3) is 0.917. The molecule has 1 amide bonds. The summed E-state index contributed by atoms with van der Waals surface area (Å²) >= 11 is 0. The minimum absolute atomic E-state index is 0.125. The van der Waals surface area contributed by atoms with Gasteiger partial charge in [-0.05, 0) is 40.2 Å². The van der Waals surface area contributed by atoms with Gasteiger partial charge in [-0.3, -0.25) is 0 Å². The number of hydrogen-bond acceptors (Lipinski definition) is 3. The number of amides is 1. The predicted octanol–water partition coefficient (Wildman–Crippen LogP) is 2.15. The van der Waals surface area contributed by atoms with Gasteiger partial charge in [0.25, 0.3) is 0 Å². The summed E-state index contributed by atoms with van der Waals surface area (Å²) < 4.78 is 5.22. The summed E-state index contributed by atoms with van der Waals surface area (Å²) in [6.45, 7) is 10.6. The second-order valence-corrected chi connectivity index (χ2v) is 5.53. The number of hydrogen-bond donors (Lipinski definition) is 2. The van der Waals surface area contributed by atoms with Gasteiger partial charge in [0.15, 0.2) is 0 Å². The Morgan fingerprint density at radius 3 is 2.25 bits per heavy atom. The van der Waals surface area contributed by atoms with Crippen LogP contribution in [0.25, 0.3) is 0 Å². The highest BCUT2D eigenvalue weighted by Crippen LogP contribution is 2.08. The Balaban J connectivity index is 4.12. The maximum atomic E-state index is 11.6. The largest absolute Gasteiger partial charge is 0.444 e. The number of alkyl carbamates (subject to hydrolysis) is 1. The Morgan fingerprint density at radius 1 is 1.31 bits per heavy atom. The van der Waals surface area contributed by atoms with Crippen molar-refractivity contribution < 1.29 is 9.53 Å². The maximum Gasteiger partial charge on any atom is 0.407 e. The van der Waals surface area contributed by atoms with Crippen LogP contribution in [0.3, 0.4) is 0 Å². The fourth-order valence-electron chi connectivity index (χ4n) is 1.48. The molecule has 0 saturated carbocycles. The van der Waals surface area contributed by atoms with E-state index in [0.717, 1.165) is 13.0 Å². The molecule has 0 aromatic carbocycles. The van der Waals surface area contributed by atoms with E-state index in [0.29, 0.717) is 5.92 Å². The molecule has 0 saturated heterocycles. The van der Waals surface area contributed by atoms with Crippen LogP contribution in [-0.2, 0) is 4.74 Å². The molecule has 2 N–H and O–H groups in total. The highest BCUT2D eigenvalue weighted by molar-refractivity contribution is 5.68. The molecule has 0 heterocycles. The molecular weight excluding hydrogens is 204 g/mol. The van der Waals surface area contributed by atoms with Crippen LogP contribution >= 0.6 is 0 Å². The van der Waals surface area contributed by atoms with Gasteiger partial charge in [0.2, 0.25) is 0 Å². The van der Waals surface area contributed by atoms with Crippen LogP contribution in [0.4, 0.5) is 4.79 Å². The number of ether oxygens (including phenoxy) is 1. The lowest BCUT2D eigenvalue weighted by Gasteiger charge is -2.24. The van der Waals surface area contributed by atoms with Crippen molar-refractivity contribution in [1.29, 1.82) is 0 Å². The molecule has 1 atom stereocenters. The van der Waals surface area contributed by atoms with E-state index in [4.69, 9.17) is 4.74 Å². The molecule has 0 spiro atoms. The molecule has 0 aromatic heterocycles. The van der Waals surface area contributed by atoms with Gasteiger partial charge in [0, 0.05) is 12.6 Å².